The molecule has 0 radical (unpaired) electrons. The summed E-state index contributed by atoms with van der Waals surface area (Å²) in [6, 6.07) is 14.2. The van der Waals surface area contributed by atoms with Gasteiger partial charge in [0.1, 0.15) is 5.82 Å². The molecule has 34 heavy (non-hydrogen) atoms. The van der Waals surface area contributed by atoms with Crippen molar-refractivity contribution in [3.8, 4) is 11.1 Å². The maximum atomic E-state index is 14.8. The monoisotopic (exact) mass is 473 g/mol. The van der Waals surface area contributed by atoms with Crippen molar-refractivity contribution in [3.05, 3.63) is 94.3 Å². The Labute approximate surface area is 194 Å². The summed E-state index contributed by atoms with van der Waals surface area (Å²) >= 11 is 0. The molecule has 1 aliphatic carbocycles. The molecule has 8 heteroatoms. The van der Waals surface area contributed by atoms with Gasteiger partial charge in [-0.15, -0.1) is 0 Å². The zero-order valence-corrected chi connectivity index (χ0v) is 18.3. The standard InChI is InChI=1S/C26H23F4NO3/c1-34-24(33)11-15-6-9-22(27)21(10-15)19-8-7-18(26(28,29)30)12-17(19)14-31-25-20-5-3-2-4-16(20)13-23(25)32/h2-10,12,23,25,31-32H,11,13-14H2,1H3/t23-,25+/m0/s1. The molecule has 2 atom stereocenters. The summed E-state index contributed by atoms with van der Waals surface area (Å²) in [5.41, 5.74) is 2.05. The molecule has 4 rings (SSSR count). The van der Waals surface area contributed by atoms with Gasteiger partial charge in [-0.2, -0.15) is 13.2 Å². The zero-order chi connectivity index (χ0) is 24.5. The number of hydrogen-bond donors (Lipinski definition) is 2. The predicted octanol–water partition coefficient (Wildman–Crippen LogP) is 4.97. The number of alkyl halides is 3. The van der Waals surface area contributed by atoms with E-state index in [1.165, 1.54) is 31.4 Å². The van der Waals surface area contributed by atoms with E-state index in [-0.39, 0.29) is 29.7 Å². The molecule has 0 aliphatic heterocycles. The molecule has 0 bridgehead atoms. The first-order valence-electron chi connectivity index (χ1n) is 10.7. The van der Waals surface area contributed by atoms with E-state index in [4.69, 9.17) is 0 Å². The van der Waals surface area contributed by atoms with Gasteiger partial charge in [-0.1, -0.05) is 36.4 Å². The Hall–Kier alpha value is -3.23. The number of ether oxygens (including phenoxy) is 1. The predicted molar refractivity (Wildman–Crippen MR) is 118 cm³/mol. The summed E-state index contributed by atoms with van der Waals surface area (Å²) in [5, 5.41) is 13.7. The molecule has 0 saturated carbocycles. The van der Waals surface area contributed by atoms with Gasteiger partial charge in [0.25, 0.3) is 0 Å². The van der Waals surface area contributed by atoms with Crippen molar-refractivity contribution in [1.29, 1.82) is 0 Å². The van der Waals surface area contributed by atoms with Gasteiger partial charge in [-0.05, 0) is 52.1 Å². The van der Waals surface area contributed by atoms with Gasteiger partial charge in [0.15, 0.2) is 0 Å². The lowest BCUT2D eigenvalue weighted by atomic mass is 9.94. The second kappa shape index (κ2) is 9.56. The van der Waals surface area contributed by atoms with Crippen molar-refractivity contribution in [2.45, 2.75) is 37.7 Å². The van der Waals surface area contributed by atoms with E-state index in [2.05, 4.69) is 10.1 Å². The molecule has 0 aromatic heterocycles. The van der Waals surface area contributed by atoms with E-state index in [1.54, 1.807) is 0 Å². The Morgan fingerprint density at radius 2 is 1.85 bits per heavy atom. The molecule has 0 saturated heterocycles. The third kappa shape index (κ3) is 4.98. The molecule has 1 aliphatic rings. The Bertz CT molecular complexity index is 1210. The van der Waals surface area contributed by atoms with Crippen LogP contribution in [0.1, 0.15) is 33.9 Å². The summed E-state index contributed by atoms with van der Waals surface area (Å²) < 4.78 is 59.8. The van der Waals surface area contributed by atoms with Crippen molar-refractivity contribution < 1.29 is 32.2 Å². The number of aliphatic hydroxyl groups excluding tert-OH is 1. The third-order valence-corrected chi connectivity index (χ3v) is 6.05. The number of hydrogen-bond acceptors (Lipinski definition) is 4. The van der Waals surface area contributed by atoms with Crippen molar-refractivity contribution in [1.82, 2.24) is 5.32 Å². The van der Waals surface area contributed by atoms with E-state index >= 15 is 0 Å². The van der Waals surface area contributed by atoms with Gasteiger partial charge in [0.2, 0.25) is 0 Å². The van der Waals surface area contributed by atoms with Crippen LogP contribution in [0, 0.1) is 5.82 Å². The topological polar surface area (TPSA) is 58.6 Å². The normalized spacial score (nSPS) is 17.5. The van der Waals surface area contributed by atoms with E-state index < -0.39 is 35.7 Å². The average molecular weight is 473 g/mol. The second-order valence-corrected chi connectivity index (χ2v) is 8.27. The lowest BCUT2D eigenvalue weighted by molar-refractivity contribution is -0.140. The molecule has 0 fully saturated rings. The number of carbonyl (C=O) groups is 1. The maximum absolute atomic E-state index is 14.8. The minimum Gasteiger partial charge on any atom is -0.469 e. The van der Waals surface area contributed by atoms with Crippen LogP contribution in [0.15, 0.2) is 60.7 Å². The molecule has 0 heterocycles. The number of carbonyl (C=O) groups excluding carboxylic acids is 1. The number of benzene rings is 3. The molecule has 4 nitrogen and oxygen atoms in total. The number of aliphatic hydroxyl groups is 1. The molecule has 3 aromatic carbocycles. The van der Waals surface area contributed by atoms with Crippen molar-refractivity contribution in [3.63, 3.8) is 0 Å². The zero-order valence-electron chi connectivity index (χ0n) is 18.3. The Morgan fingerprint density at radius 3 is 2.59 bits per heavy atom. The molecular weight excluding hydrogens is 450 g/mol. The lowest BCUT2D eigenvalue weighted by Crippen LogP contribution is -2.28. The Balaban J connectivity index is 1.71. The van der Waals surface area contributed by atoms with Gasteiger partial charge in [-0.25, -0.2) is 4.39 Å². The smallest absolute Gasteiger partial charge is 0.416 e. The highest BCUT2D eigenvalue weighted by Gasteiger charge is 2.33. The first kappa shape index (κ1) is 23.9. The lowest BCUT2D eigenvalue weighted by Gasteiger charge is -2.21. The summed E-state index contributed by atoms with van der Waals surface area (Å²) in [7, 11) is 1.24. The minimum absolute atomic E-state index is 0.0318. The van der Waals surface area contributed by atoms with Crippen molar-refractivity contribution >= 4 is 5.97 Å². The van der Waals surface area contributed by atoms with Gasteiger partial charge in [0, 0.05) is 18.5 Å². The van der Waals surface area contributed by atoms with Crippen LogP contribution < -0.4 is 5.32 Å². The van der Waals surface area contributed by atoms with Crippen molar-refractivity contribution in [2.75, 3.05) is 7.11 Å². The van der Waals surface area contributed by atoms with Crippen LogP contribution in [-0.2, 0) is 35.1 Å². The number of rotatable bonds is 6. The molecule has 0 spiro atoms. The molecule has 0 amide bonds. The van der Waals surface area contributed by atoms with Gasteiger partial charge < -0.3 is 15.2 Å². The Morgan fingerprint density at radius 1 is 1.09 bits per heavy atom. The number of halogens is 4. The maximum Gasteiger partial charge on any atom is 0.416 e. The molecule has 0 unspecified atom stereocenters. The first-order chi connectivity index (χ1) is 16.2. The third-order valence-electron chi connectivity index (χ3n) is 6.05. The molecular formula is C26H23F4NO3. The van der Waals surface area contributed by atoms with Crippen LogP contribution in [0.25, 0.3) is 11.1 Å². The summed E-state index contributed by atoms with van der Waals surface area (Å²) in [5.74, 6) is -1.14. The van der Waals surface area contributed by atoms with Crippen LogP contribution in [0.3, 0.4) is 0 Å². The van der Waals surface area contributed by atoms with Crippen LogP contribution >= 0.6 is 0 Å². The Kier molecular flexibility index (Phi) is 6.72. The number of methoxy groups -OCH3 is 1. The van der Waals surface area contributed by atoms with Crippen LogP contribution in [0.4, 0.5) is 17.6 Å². The van der Waals surface area contributed by atoms with Crippen LogP contribution in [-0.4, -0.2) is 24.3 Å². The first-order valence-corrected chi connectivity index (χ1v) is 10.7. The van der Waals surface area contributed by atoms with E-state index in [0.29, 0.717) is 12.0 Å². The highest BCUT2D eigenvalue weighted by Crippen LogP contribution is 2.36. The van der Waals surface area contributed by atoms with Crippen molar-refractivity contribution in [2.24, 2.45) is 0 Å². The fraction of sp³-hybridized carbons (Fsp3) is 0.269. The molecule has 3 aromatic rings. The SMILES string of the molecule is COC(=O)Cc1ccc(F)c(-c2ccc(C(F)(F)F)cc2CN[C@@H]2c3ccccc3C[C@@H]2O)c1. The molecule has 178 valence electrons. The molecule has 2 N–H and O–H groups in total. The summed E-state index contributed by atoms with van der Waals surface area (Å²) in [4.78, 5) is 11.6. The highest BCUT2D eigenvalue weighted by atomic mass is 19.4. The fourth-order valence-electron chi connectivity index (χ4n) is 4.35. The number of fused-ring (bicyclic) bond motifs is 1. The van der Waals surface area contributed by atoms with E-state index in [1.807, 2.05) is 24.3 Å². The summed E-state index contributed by atoms with van der Waals surface area (Å²) in [6.07, 6.45) is -4.96. The summed E-state index contributed by atoms with van der Waals surface area (Å²) in [6.45, 7) is -0.0318. The van der Waals surface area contributed by atoms with Gasteiger partial charge >= 0.3 is 12.1 Å². The average Bonchev–Trinajstić information content (AvgIpc) is 3.13. The van der Waals surface area contributed by atoms with Crippen LogP contribution in [0.5, 0.6) is 0 Å². The fourth-order valence-corrected chi connectivity index (χ4v) is 4.35. The van der Waals surface area contributed by atoms with E-state index in [0.717, 1.165) is 23.3 Å². The second-order valence-electron chi connectivity index (χ2n) is 8.27. The quantitative estimate of drug-likeness (QED) is 0.392. The highest BCUT2D eigenvalue weighted by molar-refractivity contribution is 5.75. The number of nitrogens with one attached hydrogen (secondary N) is 1. The van der Waals surface area contributed by atoms with Gasteiger partial charge in [-0.3, -0.25) is 4.79 Å². The largest absolute Gasteiger partial charge is 0.469 e. The van der Waals surface area contributed by atoms with E-state index in [9.17, 15) is 27.5 Å². The van der Waals surface area contributed by atoms with Crippen LogP contribution in [0.2, 0.25) is 0 Å². The number of esters is 1. The minimum atomic E-state index is -4.57. The van der Waals surface area contributed by atoms with Gasteiger partial charge in [0.05, 0.1) is 31.2 Å².